The highest BCUT2D eigenvalue weighted by atomic mass is 35.5. The Labute approximate surface area is 131 Å². The van der Waals surface area contributed by atoms with Crippen molar-refractivity contribution >= 4 is 46.0 Å². The number of anilines is 1. The molecule has 1 atom stereocenters. The second-order valence-corrected chi connectivity index (χ2v) is 6.48. The molecular weight excluding hydrogens is 314 g/mol. The summed E-state index contributed by atoms with van der Waals surface area (Å²) in [4.78, 5) is 36.3. The van der Waals surface area contributed by atoms with E-state index in [0.29, 0.717) is 22.8 Å². The van der Waals surface area contributed by atoms with Crippen molar-refractivity contribution in [1.29, 1.82) is 0 Å². The summed E-state index contributed by atoms with van der Waals surface area (Å²) in [6.45, 7) is 1.87. The molecule has 1 heterocycles. The summed E-state index contributed by atoms with van der Waals surface area (Å²) in [5, 5.41) is 0.265. The van der Waals surface area contributed by atoms with Crippen LogP contribution in [0.4, 0.5) is 5.69 Å². The highest BCUT2D eigenvalue weighted by molar-refractivity contribution is 8.14. The zero-order valence-electron chi connectivity index (χ0n) is 11.6. The summed E-state index contributed by atoms with van der Waals surface area (Å²) in [6.07, 6.45) is 0.281. The fourth-order valence-electron chi connectivity index (χ4n) is 2.19. The molecule has 0 N–H and O–H groups in total. The number of ether oxygens (including phenoxy) is 1. The Morgan fingerprint density at radius 3 is 2.76 bits per heavy atom. The summed E-state index contributed by atoms with van der Waals surface area (Å²) in [5.41, 5.74) is 0.795. The molecule has 1 amide bonds. The molecule has 1 aliphatic heterocycles. The number of halogens is 1. The second kappa shape index (κ2) is 6.49. The molecule has 1 unspecified atom stereocenters. The number of hydrogen-bond acceptors (Lipinski definition) is 5. The summed E-state index contributed by atoms with van der Waals surface area (Å²) in [5.74, 6) is -0.605. The molecule has 0 aliphatic carbocycles. The number of amides is 1. The topological polar surface area (TPSA) is 63.7 Å². The number of carbonyl (C=O) groups is 3. The van der Waals surface area contributed by atoms with Gasteiger partial charge in [0.05, 0.1) is 23.4 Å². The van der Waals surface area contributed by atoms with Crippen LogP contribution in [-0.4, -0.2) is 35.9 Å². The molecule has 112 valence electrons. The maximum absolute atomic E-state index is 12.1. The fourth-order valence-corrected chi connectivity index (χ4v) is 3.32. The average molecular weight is 328 g/mol. The molecule has 1 aliphatic rings. The molecule has 0 spiro atoms. The molecule has 0 radical (unpaired) electrons. The Kier molecular flexibility index (Phi) is 4.90. The highest BCUT2D eigenvalue weighted by Crippen LogP contribution is 2.33. The van der Waals surface area contributed by atoms with Crippen LogP contribution < -0.4 is 4.90 Å². The zero-order chi connectivity index (χ0) is 15.6. The molecular formula is C14H14ClNO4S. The number of thioether (sulfide) groups is 1. The van der Waals surface area contributed by atoms with Crippen LogP contribution in [0.25, 0.3) is 0 Å². The molecule has 1 aromatic rings. The summed E-state index contributed by atoms with van der Waals surface area (Å²) in [7, 11) is 1.29. The van der Waals surface area contributed by atoms with Gasteiger partial charge in [-0.2, -0.15) is 0 Å². The van der Waals surface area contributed by atoms with Gasteiger partial charge in [-0.3, -0.25) is 9.59 Å². The predicted molar refractivity (Wildman–Crippen MR) is 81.8 cm³/mol. The first-order chi connectivity index (χ1) is 9.92. The number of methoxy groups -OCH3 is 1. The van der Waals surface area contributed by atoms with Gasteiger partial charge >= 0.3 is 5.97 Å². The number of esters is 1. The Morgan fingerprint density at radius 2 is 2.14 bits per heavy atom. The van der Waals surface area contributed by atoms with E-state index in [2.05, 4.69) is 4.74 Å². The lowest BCUT2D eigenvalue weighted by Crippen LogP contribution is -2.25. The van der Waals surface area contributed by atoms with E-state index in [-0.39, 0.29) is 22.7 Å². The van der Waals surface area contributed by atoms with E-state index in [1.54, 1.807) is 12.1 Å². The van der Waals surface area contributed by atoms with Gasteiger partial charge in [0.2, 0.25) is 5.91 Å². The van der Waals surface area contributed by atoms with Crippen molar-refractivity contribution in [3.63, 3.8) is 0 Å². The summed E-state index contributed by atoms with van der Waals surface area (Å²) >= 11 is 7.27. The molecule has 7 heteroatoms. The van der Waals surface area contributed by atoms with Crippen LogP contribution in [0.2, 0.25) is 5.02 Å². The predicted octanol–water partition coefficient (Wildman–Crippen LogP) is 2.51. The third-order valence-corrected chi connectivity index (χ3v) is 4.38. The first-order valence-corrected chi connectivity index (χ1v) is 7.53. The minimum Gasteiger partial charge on any atom is -0.465 e. The Hall–Kier alpha value is -1.53. The van der Waals surface area contributed by atoms with Gasteiger partial charge in [-0.25, -0.2) is 4.79 Å². The summed E-state index contributed by atoms with van der Waals surface area (Å²) in [6, 6.07) is 4.63. The molecule has 1 fully saturated rings. The monoisotopic (exact) mass is 327 g/mol. The Morgan fingerprint density at radius 1 is 1.43 bits per heavy atom. The maximum atomic E-state index is 12.1. The first-order valence-electron chi connectivity index (χ1n) is 6.28. The van der Waals surface area contributed by atoms with Gasteiger partial charge in [0.25, 0.3) is 0 Å². The molecule has 0 bridgehead atoms. The van der Waals surface area contributed by atoms with Gasteiger partial charge in [0.15, 0.2) is 5.12 Å². The van der Waals surface area contributed by atoms with E-state index in [1.165, 1.54) is 25.0 Å². The van der Waals surface area contributed by atoms with Crippen molar-refractivity contribution in [2.45, 2.75) is 18.6 Å². The molecule has 2 rings (SSSR count). The number of carbonyl (C=O) groups excluding carboxylic acids is 3. The quantitative estimate of drug-likeness (QED) is 0.798. The van der Waals surface area contributed by atoms with E-state index in [1.807, 2.05) is 0 Å². The maximum Gasteiger partial charge on any atom is 0.337 e. The lowest BCUT2D eigenvalue weighted by molar-refractivity contribution is -0.117. The Bertz CT molecular complexity index is 605. The average Bonchev–Trinajstić information content (AvgIpc) is 2.78. The smallest absolute Gasteiger partial charge is 0.337 e. The fraction of sp³-hybridized carbons (Fsp3) is 0.357. The number of nitrogens with zero attached hydrogens (tertiary/aromatic N) is 1. The van der Waals surface area contributed by atoms with Gasteiger partial charge in [0.1, 0.15) is 0 Å². The van der Waals surface area contributed by atoms with Crippen LogP contribution in [0.1, 0.15) is 23.7 Å². The van der Waals surface area contributed by atoms with Crippen LogP contribution in [0, 0.1) is 0 Å². The second-order valence-electron chi connectivity index (χ2n) is 4.60. The van der Waals surface area contributed by atoms with Crippen LogP contribution in [0.15, 0.2) is 18.2 Å². The van der Waals surface area contributed by atoms with Crippen LogP contribution >= 0.6 is 23.4 Å². The molecule has 1 saturated heterocycles. The van der Waals surface area contributed by atoms with E-state index in [0.717, 1.165) is 11.8 Å². The minimum atomic E-state index is -0.491. The molecule has 5 nitrogen and oxygen atoms in total. The van der Waals surface area contributed by atoms with Crippen molar-refractivity contribution in [2.75, 3.05) is 18.6 Å². The lowest BCUT2D eigenvalue weighted by atomic mass is 10.2. The van der Waals surface area contributed by atoms with Gasteiger partial charge in [-0.1, -0.05) is 23.4 Å². The zero-order valence-corrected chi connectivity index (χ0v) is 13.2. The van der Waals surface area contributed by atoms with E-state index in [9.17, 15) is 14.4 Å². The van der Waals surface area contributed by atoms with Crippen LogP contribution in [-0.2, 0) is 14.3 Å². The Balaban J connectivity index is 2.27. The van der Waals surface area contributed by atoms with E-state index >= 15 is 0 Å². The van der Waals surface area contributed by atoms with Crippen molar-refractivity contribution in [2.24, 2.45) is 0 Å². The number of benzene rings is 1. The SMILES string of the molecule is COC(=O)c1ccc(Cl)c(N2CC(SC(C)=O)CC2=O)c1. The third-order valence-electron chi connectivity index (χ3n) is 3.08. The molecule has 0 aromatic heterocycles. The number of rotatable bonds is 3. The molecule has 21 heavy (non-hydrogen) atoms. The number of hydrogen-bond donors (Lipinski definition) is 0. The van der Waals surface area contributed by atoms with Crippen LogP contribution in [0.5, 0.6) is 0 Å². The lowest BCUT2D eigenvalue weighted by Gasteiger charge is -2.18. The van der Waals surface area contributed by atoms with Crippen molar-refractivity contribution < 1.29 is 19.1 Å². The highest BCUT2D eigenvalue weighted by Gasteiger charge is 2.33. The minimum absolute atomic E-state index is 0.0240. The van der Waals surface area contributed by atoms with Gasteiger partial charge in [-0.15, -0.1) is 0 Å². The molecule has 0 saturated carbocycles. The van der Waals surface area contributed by atoms with Gasteiger partial charge in [0, 0.05) is 25.1 Å². The summed E-state index contributed by atoms with van der Waals surface area (Å²) < 4.78 is 4.66. The normalized spacial score (nSPS) is 18.0. The van der Waals surface area contributed by atoms with Crippen molar-refractivity contribution in [3.05, 3.63) is 28.8 Å². The van der Waals surface area contributed by atoms with Gasteiger partial charge in [-0.05, 0) is 18.2 Å². The van der Waals surface area contributed by atoms with Crippen molar-refractivity contribution in [3.8, 4) is 0 Å². The van der Waals surface area contributed by atoms with Crippen LogP contribution in [0.3, 0.4) is 0 Å². The third kappa shape index (κ3) is 3.57. The van der Waals surface area contributed by atoms with E-state index < -0.39 is 5.97 Å². The standard InChI is InChI=1S/C14H14ClNO4S/c1-8(17)21-10-6-13(18)16(7-10)12-5-9(14(19)20-2)3-4-11(12)15/h3-5,10H,6-7H2,1-2H3. The van der Waals surface area contributed by atoms with Gasteiger partial charge < -0.3 is 9.64 Å². The first kappa shape index (κ1) is 15.9. The molecule has 1 aromatic carbocycles. The largest absolute Gasteiger partial charge is 0.465 e. The van der Waals surface area contributed by atoms with E-state index in [4.69, 9.17) is 11.6 Å². The van der Waals surface area contributed by atoms with Crippen molar-refractivity contribution in [1.82, 2.24) is 0 Å².